The van der Waals surface area contributed by atoms with Gasteiger partial charge < -0.3 is 29.3 Å². The van der Waals surface area contributed by atoms with E-state index in [-0.39, 0.29) is 30.8 Å². The van der Waals surface area contributed by atoms with Gasteiger partial charge in [-0.1, -0.05) is 20.8 Å². The first-order valence-electron chi connectivity index (χ1n) is 14.2. The molecule has 3 rings (SSSR count). The summed E-state index contributed by atoms with van der Waals surface area (Å²) in [5.74, 6) is -4.58. The van der Waals surface area contributed by atoms with Crippen LogP contribution in [-0.4, -0.2) is 82.7 Å². The number of aliphatic hydroxyl groups is 2. The van der Waals surface area contributed by atoms with Crippen LogP contribution in [0.1, 0.15) is 91.9 Å². The highest BCUT2D eigenvalue weighted by molar-refractivity contribution is 6.39. The second kappa shape index (κ2) is 13.0. The van der Waals surface area contributed by atoms with Gasteiger partial charge in [0.2, 0.25) is 5.79 Å². The molecule has 0 aromatic heterocycles. The molecule has 0 spiro atoms. The molecule has 9 heteroatoms. The molecule has 1 aliphatic carbocycles. The number of methoxy groups -OCH3 is 1. The molecule has 3 fully saturated rings. The molecule has 3 aliphatic rings. The Morgan fingerprint density at radius 1 is 1.11 bits per heavy atom. The highest BCUT2D eigenvalue weighted by atomic mass is 16.6. The number of Topliss-reactive ketones (excluding diaryl/α,β-unsaturated/α-hetero) is 1. The number of carbonyl (C=O) groups is 3. The van der Waals surface area contributed by atoms with E-state index in [2.05, 4.69) is 6.92 Å². The number of aliphatic hydroxyl groups excluding tert-OH is 1. The number of ketones is 1. The fourth-order valence-electron chi connectivity index (χ4n) is 6.31. The molecule has 1 saturated carbocycles. The zero-order valence-corrected chi connectivity index (χ0v) is 23.2. The summed E-state index contributed by atoms with van der Waals surface area (Å²) in [7, 11) is 1.62. The van der Waals surface area contributed by atoms with Crippen molar-refractivity contribution in [2.45, 2.75) is 128 Å². The molecule has 2 heterocycles. The molecule has 2 saturated heterocycles. The van der Waals surface area contributed by atoms with E-state index in [0.717, 1.165) is 25.7 Å². The van der Waals surface area contributed by atoms with Crippen LogP contribution in [0.25, 0.3) is 0 Å². The Kier molecular flexibility index (Phi) is 10.5. The van der Waals surface area contributed by atoms with E-state index in [1.54, 1.807) is 21.0 Å². The number of likely N-dealkylation sites (tertiary alicyclic amines) is 1. The van der Waals surface area contributed by atoms with Crippen molar-refractivity contribution in [3.63, 3.8) is 0 Å². The van der Waals surface area contributed by atoms with Crippen LogP contribution in [0.3, 0.4) is 0 Å². The molecule has 1 amide bonds. The Morgan fingerprint density at radius 2 is 1.84 bits per heavy atom. The number of piperidine rings is 1. The van der Waals surface area contributed by atoms with E-state index in [1.165, 1.54) is 4.90 Å². The summed E-state index contributed by atoms with van der Waals surface area (Å²) in [6.07, 6.45) is 5.75. The summed E-state index contributed by atoms with van der Waals surface area (Å²) in [6, 6.07) is -0.853. The number of hydrogen-bond acceptors (Lipinski definition) is 8. The lowest BCUT2D eigenvalue weighted by atomic mass is 9.79. The molecule has 0 aromatic carbocycles. The summed E-state index contributed by atoms with van der Waals surface area (Å²) in [5, 5.41) is 21.1. The van der Waals surface area contributed by atoms with E-state index in [1.807, 2.05) is 6.92 Å². The van der Waals surface area contributed by atoms with Crippen LogP contribution in [0.4, 0.5) is 0 Å². The van der Waals surface area contributed by atoms with Crippen molar-refractivity contribution in [1.29, 1.82) is 0 Å². The average Bonchev–Trinajstić information content (AvgIpc) is 2.89. The highest BCUT2D eigenvalue weighted by Gasteiger charge is 2.52. The minimum atomic E-state index is -2.17. The Balaban J connectivity index is 1.64. The summed E-state index contributed by atoms with van der Waals surface area (Å²) in [4.78, 5) is 41.1. The zero-order valence-electron chi connectivity index (χ0n) is 23.2. The van der Waals surface area contributed by atoms with Crippen LogP contribution in [-0.2, 0) is 28.6 Å². The molecule has 1 unspecified atom stereocenters. The lowest BCUT2D eigenvalue weighted by Crippen LogP contribution is -2.60. The summed E-state index contributed by atoms with van der Waals surface area (Å²) in [5.41, 5.74) is 0. The number of esters is 1. The van der Waals surface area contributed by atoms with Crippen molar-refractivity contribution >= 4 is 17.7 Å². The van der Waals surface area contributed by atoms with Gasteiger partial charge in [-0.25, -0.2) is 4.79 Å². The van der Waals surface area contributed by atoms with Gasteiger partial charge in [0.15, 0.2) is 0 Å². The van der Waals surface area contributed by atoms with Gasteiger partial charge in [0, 0.05) is 19.6 Å². The molecular weight excluding hydrogens is 478 g/mol. The van der Waals surface area contributed by atoms with Crippen LogP contribution >= 0.6 is 0 Å². The number of nitrogens with zero attached hydrogens (tertiary/aromatic N) is 1. The minimum Gasteiger partial charge on any atom is -0.461 e. The van der Waals surface area contributed by atoms with Crippen LogP contribution < -0.4 is 0 Å². The smallest absolute Gasteiger partial charge is 0.329 e. The van der Waals surface area contributed by atoms with Gasteiger partial charge >= 0.3 is 5.97 Å². The van der Waals surface area contributed by atoms with Crippen LogP contribution in [0.15, 0.2) is 0 Å². The minimum absolute atomic E-state index is 0.0970. The zero-order chi connectivity index (χ0) is 27.3. The summed E-state index contributed by atoms with van der Waals surface area (Å²) >= 11 is 0. The summed E-state index contributed by atoms with van der Waals surface area (Å²) in [6.45, 7) is 7.78. The van der Waals surface area contributed by atoms with Crippen molar-refractivity contribution in [3.8, 4) is 0 Å². The molecule has 37 heavy (non-hydrogen) atoms. The normalized spacial score (nSPS) is 36.5. The van der Waals surface area contributed by atoms with Gasteiger partial charge in [-0.2, -0.15) is 0 Å². The van der Waals surface area contributed by atoms with Gasteiger partial charge in [-0.05, 0) is 83.0 Å². The average molecular weight is 526 g/mol. The van der Waals surface area contributed by atoms with E-state index in [4.69, 9.17) is 14.2 Å². The third kappa shape index (κ3) is 6.91. The Labute approximate surface area is 221 Å². The maximum atomic E-state index is 13.3. The Hall–Kier alpha value is -1.55. The van der Waals surface area contributed by atoms with Gasteiger partial charge in [-0.3, -0.25) is 9.59 Å². The van der Waals surface area contributed by atoms with Gasteiger partial charge in [0.25, 0.3) is 11.7 Å². The first kappa shape index (κ1) is 30.0. The molecule has 9 atom stereocenters. The number of ether oxygens (including phenoxy) is 3. The Morgan fingerprint density at radius 3 is 2.51 bits per heavy atom. The third-order valence-electron chi connectivity index (χ3n) is 8.79. The molecule has 0 radical (unpaired) electrons. The first-order chi connectivity index (χ1) is 17.5. The van der Waals surface area contributed by atoms with E-state index in [0.29, 0.717) is 44.4 Å². The maximum absolute atomic E-state index is 13.3. The number of carbonyl (C=O) groups excluding carboxylic acids is 3. The molecular formula is C28H47NO8. The quantitative estimate of drug-likeness (QED) is 0.348. The first-order valence-corrected chi connectivity index (χ1v) is 14.2. The fraction of sp³-hybridized carbons (Fsp3) is 0.893. The van der Waals surface area contributed by atoms with Crippen molar-refractivity contribution in [3.05, 3.63) is 0 Å². The standard InChI is InChI=1S/C28H47NO8/c1-6-23(17(2)15-20-12-13-22(30)24(16-20)35-5)36-27(33)21-9-7-8-14-29(21)26(32)25(31)28(34)18(3)10-11-19(4)37-28/h17-24,30,34H,6-16H2,1-5H3/t17-,18-,19?,20+,21+,22-,23+,24-,28-/m1/s1. The largest absolute Gasteiger partial charge is 0.461 e. The SMILES string of the molecule is CC[C@H](OC(=O)[C@@H]1CCCCN1C(=O)C(=O)[C@]1(O)OC(C)CC[C@H]1C)[C@H](C)C[C@@H]1CC[C@@H](O)[C@H](OC)C1. The van der Waals surface area contributed by atoms with Crippen molar-refractivity contribution < 1.29 is 38.8 Å². The van der Waals surface area contributed by atoms with Crippen LogP contribution in [0, 0.1) is 17.8 Å². The predicted molar refractivity (Wildman–Crippen MR) is 136 cm³/mol. The number of amides is 1. The number of rotatable bonds is 9. The molecule has 2 N–H and O–H groups in total. The molecule has 212 valence electrons. The van der Waals surface area contributed by atoms with Crippen molar-refractivity contribution in [1.82, 2.24) is 4.90 Å². The number of hydrogen-bond donors (Lipinski definition) is 2. The van der Waals surface area contributed by atoms with Crippen LogP contribution in [0.5, 0.6) is 0 Å². The molecule has 2 aliphatic heterocycles. The highest BCUT2D eigenvalue weighted by Crippen LogP contribution is 2.35. The summed E-state index contributed by atoms with van der Waals surface area (Å²) < 4.78 is 17.0. The molecule has 0 aromatic rings. The predicted octanol–water partition coefficient (Wildman–Crippen LogP) is 2.98. The second-order valence-electron chi connectivity index (χ2n) is 11.6. The monoisotopic (exact) mass is 525 g/mol. The molecule has 0 bridgehead atoms. The van der Waals surface area contributed by atoms with E-state index < -0.39 is 41.5 Å². The van der Waals surface area contributed by atoms with Gasteiger partial charge in [0.1, 0.15) is 12.1 Å². The van der Waals surface area contributed by atoms with Gasteiger partial charge in [-0.15, -0.1) is 0 Å². The lowest BCUT2D eigenvalue weighted by Gasteiger charge is -2.41. The topological polar surface area (TPSA) is 123 Å². The van der Waals surface area contributed by atoms with E-state index >= 15 is 0 Å². The van der Waals surface area contributed by atoms with Crippen molar-refractivity contribution in [2.24, 2.45) is 17.8 Å². The molecule has 9 nitrogen and oxygen atoms in total. The van der Waals surface area contributed by atoms with Gasteiger partial charge in [0.05, 0.1) is 18.3 Å². The maximum Gasteiger partial charge on any atom is 0.329 e. The van der Waals surface area contributed by atoms with Crippen molar-refractivity contribution in [2.75, 3.05) is 13.7 Å². The van der Waals surface area contributed by atoms with E-state index in [9.17, 15) is 24.6 Å². The Bertz CT molecular complexity index is 805. The third-order valence-corrected chi connectivity index (χ3v) is 8.79. The lowest BCUT2D eigenvalue weighted by molar-refractivity contribution is -0.259. The second-order valence-corrected chi connectivity index (χ2v) is 11.6. The van der Waals surface area contributed by atoms with Crippen LogP contribution in [0.2, 0.25) is 0 Å². The fourth-order valence-corrected chi connectivity index (χ4v) is 6.31.